The molecule has 0 aliphatic carbocycles. The van der Waals surface area contributed by atoms with Gasteiger partial charge in [-0.3, -0.25) is 4.79 Å². The molecule has 3 aromatic heterocycles. The minimum atomic E-state index is -4.70. The van der Waals surface area contributed by atoms with E-state index in [9.17, 15) is 18.0 Å². The van der Waals surface area contributed by atoms with Gasteiger partial charge in [-0.05, 0) is 26.7 Å². The molecular weight excluding hydrogens is 445 g/mol. The Labute approximate surface area is 186 Å². The number of nitrogens with one attached hydrogen (secondary N) is 2. The molecule has 32 heavy (non-hydrogen) atoms. The molecule has 172 valence electrons. The molecule has 12 heteroatoms. The summed E-state index contributed by atoms with van der Waals surface area (Å²) in [6.07, 6.45) is -0.443. The Morgan fingerprint density at radius 2 is 2.06 bits per heavy atom. The molecule has 8 nitrogen and oxygen atoms in total. The number of aryl methyl sites for hydroxylation is 2. The van der Waals surface area contributed by atoms with E-state index in [1.807, 2.05) is 0 Å². The molecule has 1 amide bonds. The lowest BCUT2D eigenvalue weighted by Gasteiger charge is -2.27. The first-order chi connectivity index (χ1) is 15.3. The molecule has 0 bridgehead atoms. The van der Waals surface area contributed by atoms with Gasteiger partial charge in [0.2, 0.25) is 0 Å². The molecule has 3 aromatic rings. The van der Waals surface area contributed by atoms with E-state index in [4.69, 9.17) is 4.74 Å². The van der Waals surface area contributed by atoms with E-state index in [1.54, 1.807) is 13.8 Å². The number of carbonyl (C=O) groups is 1. The van der Waals surface area contributed by atoms with Gasteiger partial charge in [-0.15, -0.1) is 11.3 Å². The van der Waals surface area contributed by atoms with E-state index in [1.165, 1.54) is 28.4 Å². The molecule has 1 fully saturated rings. The number of hydrogen-bond acceptors (Lipinski definition) is 7. The fraction of sp³-hybridized carbons (Fsp3) is 0.500. The minimum Gasteiger partial charge on any atom is -0.381 e. The summed E-state index contributed by atoms with van der Waals surface area (Å²) >= 11 is 1.18. The first kappa shape index (κ1) is 22.5. The second kappa shape index (κ2) is 9.02. The van der Waals surface area contributed by atoms with Gasteiger partial charge in [0.1, 0.15) is 4.88 Å². The summed E-state index contributed by atoms with van der Waals surface area (Å²) in [5.74, 6) is -0.481. The number of aromatic nitrogens is 4. The van der Waals surface area contributed by atoms with Crippen LogP contribution in [-0.2, 0) is 24.0 Å². The lowest BCUT2D eigenvalue weighted by atomic mass is 10.0. The smallest absolute Gasteiger partial charge is 0.381 e. The van der Waals surface area contributed by atoms with Crippen molar-refractivity contribution in [3.63, 3.8) is 0 Å². The number of fused-ring (bicyclic) bond motifs is 1. The van der Waals surface area contributed by atoms with Gasteiger partial charge in [-0.25, -0.2) is 14.6 Å². The Hall–Kier alpha value is -2.73. The molecule has 2 N–H and O–H groups in total. The van der Waals surface area contributed by atoms with Crippen LogP contribution < -0.4 is 10.6 Å². The second-order valence-corrected chi connectivity index (χ2v) is 8.70. The zero-order valence-electron chi connectivity index (χ0n) is 17.6. The van der Waals surface area contributed by atoms with Crippen LogP contribution in [0.4, 0.5) is 18.9 Å². The summed E-state index contributed by atoms with van der Waals surface area (Å²) in [6, 6.07) is -0.0565. The highest BCUT2D eigenvalue weighted by Crippen LogP contribution is 2.38. The molecule has 0 saturated carbocycles. The Balaban J connectivity index is 1.77. The molecular formula is C20H23F3N6O2S. The molecule has 4 rings (SSSR count). The highest BCUT2D eigenvalue weighted by molar-refractivity contribution is 7.13. The SMILES string of the molecule is CCn1ncc2c(NC3CCOCC3)c(CNC(=O)c3cnc(C)s3)c(C(F)(F)F)nc21. The Bertz CT molecular complexity index is 1120. The number of hydrogen-bond donors (Lipinski definition) is 2. The number of anilines is 1. The monoisotopic (exact) mass is 468 g/mol. The molecule has 0 aromatic carbocycles. The average Bonchev–Trinajstić information content (AvgIpc) is 3.38. The summed E-state index contributed by atoms with van der Waals surface area (Å²) < 4.78 is 49.0. The van der Waals surface area contributed by atoms with Crippen molar-refractivity contribution in [3.8, 4) is 0 Å². The van der Waals surface area contributed by atoms with Crippen molar-refractivity contribution in [2.45, 2.75) is 52.0 Å². The van der Waals surface area contributed by atoms with Crippen molar-refractivity contribution < 1.29 is 22.7 Å². The zero-order valence-corrected chi connectivity index (χ0v) is 18.4. The molecule has 1 aliphatic heterocycles. The van der Waals surface area contributed by atoms with Crippen molar-refractivity contribution in [2.24, 2.45) is 0 Å². The summed E-state index contributed by atoms with van der Waals surface area (Å²) in [7, 11) is 0. The van der Waals surface area contributed by atoms with E-state index in [2.05, 4.69) is 25.7 Å². The quantitative estimate of drug-likeness (QED) is 0.572. The van der Waals surface area contributed by atoms with Crippen LogP contribution in [0.5, 0.6) is 0 Å². The van der Waals surface area contributed by atoms with Crippen LogP contribution in [0, 0.1) is 6.92 Å². The van der Waals surface area contributed by atoms with E-state index >= 15 is 0 Å². The number of carbonyl (C=O) groups excluding carboxylic acids is 1. The average molecular weight is 469 g/mol. The number of rotatable bonds is 6. The number of nitrogens with zero attached hydrogens (tertiary/aromatic N) is 4. The zero-order chi connectivity index (χ0) is 22.9. The Morgan fingerprint density at radius 1 is 1.31 bits per heavy atom. The molecule has 1 aliphatic rings. The maximum atomic E-state index is 14.1. The number of alkyl halides is 3. The van der Waals surface area contributed by atoms with Crippen LogP contribution in [0.25, 0.3) is 11.0 Å². The molecule has 0 atom stereocenters. The number of pyridine rings is 1. The van der Waals surface area contributed by atoms with Gasteiger partial charge < -0.3 is 15.4 Å². The topological polar surface area (TPSA) is 94.0 Å². The largest absolute Gasteiger partial charge is 0.433 e. The van der Waals surface area contributed by atoms with Crippen molar-refractivity contribution in [1.82, 2.24) is 25.1 Å². The van der Waals surface area contributed by atoms with E-state index < -0.39 is 17.8 Å². The summed E-state index contributed by atoms with van der Waals surface area (Å²) in [6.45, 7) is 4.65. The third-order valence-electron chi connectivity index (χ3n) is 5.29. The van der Waals surface area contributed by atoms with Gasteiger partial charge in [-0.1, -0.05) is 0 Å². The highest BCUT2D eigenvalue weighted by Gasteiger charge is 2.38. The van der Waals surface area contributed by atoms with E-state index in [-0.39, 0.29) is 23.8 Å². The second-order valence-electron chi connectivity index (χ2n) is 7.47. The standard InChI is InChI=1S/C20H23F3N6O2S/c1-3-29-18-14(9-26-29)16(27-12-4-6-31-7-5-12)13(17(28-18)20(21,22)23)8-25-19(30)15-10-24-11(2)32-15/h9-10,12H,3-8H2,1-2H3,(H,25,30)(H,27,28). The summed E-state index contributed by atoms with van der Waals surface area (Å²) in [5.41, 5.74) is -0.686. The van der Waals surface area contributed by atoms with E-state index in [0.29, 0.717) is 53.6 Å². The van der Waals surface area contributed by atoms with Gasteiger partial charge in [0.05, 0.1) is 28.5 Å². The van der Waals surface area contributed by atoms with Crippen LogP contribution in [-0.4, -0.2) is 44.9 Å². The summed E-state index contributed by atoms with van der Waals surface area (Å²) in [5, 5.41) is 11.3. The maximum Gasteiger partial charge on any atom is 0.433 e. The molecule has 0 unspecified atom stereocenters. The third-order valence-corrected chi connectivity index (χ3v) is 6.21. The maximum absolute atomic E-state index is 14.1. The lowest BCUT2D eigenvalue weighted by Crippen LogP contribution is -2.30. The number of amides is 1. The third kappa shape index (κ3) is 4.56. The van der Waals surface area contributed by atoms with Crippen LogP contribution in [0.3, 0.4) is 0 Å². The fourth-order valence-electron chi connectivity index (χ4n) is 3.70. The van der Waals surface area contributed by atoms with Crippen LogP contribution in [0.1, 0.15) is 45.7 Å². The molecule has 1 saturated heterocycles. The van der Waals surface area contributed by atoms with Crippen LogP contribution >= 0.6 is 11.3 Å². The van der Waals surface area contributed by atoms with Crippen LogP contribution in [0.15, 0.2) is 12.4 Å². The van der Waals surface area contributed by atoms with Gasteiger partial charge in [-0.2, -0.15) is 18.3 Å². The summed E-state index contributed by atoms with van der Waals surface area (Å²) in [4.78, 5) is 20.8. The predicted molar refractivity (Wildman–Crippen MR) is 114 cm³/mol. The van der Waals surface area contributed by atoms with Crippen molar-refractivity contribution in [2.75, 3.05) is 18.5 Å². The van der Waals surface area contributed by atoms with Crippen molar-refractivity contribution in [1.29, 1.82) is 0 Å². The van der Waals surface area contributed by atoms with Gasteiger partial charge in [0, 0.05) is 37.9 Å². The minimum absolute atomic E-state index is 0.0565. The highest BCUT2D eigenvalue weighted by atomic mass is 32.1. The first-order valence-electron chi connectivity index (χ1n) is 10.3. The number of thiazole rings is 1. The predicted octanol–water partition coefficient (Wildman–Crippen LogP) is 3.76. The van der Waals surface area contributed by atoms with Gasteiger partial charge in [0.15, 0.2) is 11.3 Å². The normalized spacial score (nSPS) is 15.3. The lowest BCUT2D eigenvalue weighted by molar-refractivity contribution is -0.141. The Kier molecular flexibility index (Phi) is 6.33. The first-order valence-corrected chi connectivity index (χ1v) is 11.1. The fourth-order valence-corrected chi connectivity index (χ4v) is 4.39. The molecule has 4 heterocycles. The van der Waals surface area contributed by atoms with E-state index in [0.717, 1.165) is 0 Å². The molecule has 0 spiro atoms. The van der Waals surface area contributed by atoms with Gasteiger partial charge >= 0.3 is 6.18 Å². The van der Waals surface area contributed by atoms with Crippen molar-refractivity contribution in [3.05, 3.63) is 33.5 Å². The molecule has 0 radical (unpaired) electrons. The van der Waals surface area contributed by atoms with Gasteiger partial charge in [0.25, 0.3) is 5.91 Å². The van der Waals surface area contributed by atoms with Crippen LogP contribution in [0.2, 0.25) is 0 Å². The number of halogens is 3. The van der Waals surface area contributed by atoms with Crippen molar-refractivity contribution >= 4 is 34.0 Å². The Morgan fingerprint density at radius 3 is 2.69 bits per heavy atom. The number of ether oxygens (including phenoxy) is 1.